The molecule has 8 heteroatoms. The summed E-state index contributed by atoms with van der Waals surface area (Å²) in [5.74, 6) is -1.59. The SMILES string of the molecule is C=C/C(=C\C=C/C)c1nc2ccc(C(=O)N[C@H](C)c3ccc(F)cn3)cc2nc1CCCCC(=O)O. The van der Waals surface area contributed by atoms with Crippen LogP contribution in [0.25, 0.3) is 16.6 Å². The van der Waals surface area contributed by atoms with E-state index in [2.05, 4.69) is 16.9 Å². The quantitative estimate of drug-likeness (QED) is 0.269. The van der Waals surface area contributed by atoms with Crippen molar-refractivity contribution in [1.82, 2.24) is 20.3 Å². The zero-order chi connectivity index (χ0) is 26.1. The van der Waals surface area contributed by atoms with Crippen LogP contribution in [0, 0.1) is 5.82 Å². The molecule has 1 atom stereocenters. The Labute approximate surface area is 209 Å². The van der Waals surface area contributed by atoms with Crippen LogP contribution in [0.4, 0.5) is 4.39 Å². The van der Waals surface area contributed by atoms with Crippen molar-refractivity contribution in [2.24, 2.45) is 0 Å². The Bertz CT molecular complexity index is 1320. The summed E-state index contributed by atoms with van der Waals surface area (Å²) < 4.78 is 13.2. The molecule has 1 aromatic carbocycles. The summed E-state index contributed by atoms with van der Waals surface area (Å²) in [6, 6.07) is 7.51. The second-order valence-corrected chi connectivity index (χ2v) is 8.27. The number of halogens is 1. The second-order valence-electron chi connectivity index (χ2n) is 8.27. The topological polar surface area (TPSA) is 105 Å². The van der Waals surface area contributed by atoms with E-state index in [0.717, 1.165) is 11.8 Å². The standard InChI is InChI=1S/C28H29FN4O3/c1-4-6-9-19(5-2)27-24(10-7-8-11-26(34)35)32-25-16-20(12-14-23(25)33-27)28(36)31-18(3)22-15-13-21(29)17-30-22/h4-6,9,12-18H,2,7-8,10-11H2,1,3H3,(H,31,36)(H,34,35)/b6-4-,19-9+/t18-/m1/s1. The zero-order valence-electron chi connectivity index (χ0n) is 20.4. The minimum Gasteiger partial charge on any atom is -0.481 e. The van der Waals surface area contributed by atoms with Crippen molar-refractivity contribution < 1.29 is 19.1 Å². The molecule has 0 aliphatic carbocycles. The van der Waals surface area contributed by atoms with Crippen molar-refractivity contribution in [1.29, 1.82) is 0 Å². The monoisotopic (exact) mass is 488 g/mol. The maximum atomic E-state index is 13.2. The number of carbonyl (C=O) groups excluding carboxylic acids is 1. The third kappa shape index (κ3) is 6.91. The molecule has 3 rings (SSSR count). The van der Waals surface area contributed by atoms with Crippen LogP contribution in [0.15, 0.2) is 67.4 Å². The maximum Gasteiger partial charge on any atom is 0.303 e. The van der Waals surface area contributed by atoms with E-state index in [1.807, 2.05) is 25.2 Å². The molecule has 0 aliphatic rings. The van der Waals surface area contributed by atoms with Gasteiger partial charge in [0, 0.05) is 17.6 Å². The third-order valence-corrected chi connectivity index (χ3v) is 5.56. The third-order valence-electron chi connectivity index (χ3n) is 5.56. The van der Waals surface area contributed by atoms with Gasteiger partial charge in [0.2, 0.25) is 0 Å². The first-order chi connectivity index (χ1) is 17.3. The number of carboxylic acid groups (broad SMARTS) is 1. The summed E-state index contributed by atoms with van der Waals surface area (Å²) in [7, 11) is 0. The molecule has 7 nitrogen and oxygen atoms in total. The Morgan fingerprint density at radius 1 is 1.17 bits per heavy atom. The van der Waals surface area contributed by atoms with Gasteiger partial charge in [0.15, 0.2) is 0 Å². The molecule has 2 N–H and O–H groups in total. The molecule has 0 saturated heterocycles. The fourth-order valence-electron chi connectivity index (χ4n) is 3.65. The Hall–Kier alpha value is -4.20. The van der Waals surface area contributed by atoms with Gasteiger partial charge in [0.25, 0.3) is 5.91 Å². The number of pyridine rings is 1. The van der Waals surface area contributed by atoms with Crippen molar-refractivity contribution in [3.63, 3.8) is 0 Å². The molecule has 0 spiro atoms. The number of hydrogen-bond acceptors (Lipinski definition) is 5. The number of benzene rings is 1. The average Bonchev–Trinajstić information content (AvgIpc) is 2.86. The van der Waals surface area contributed by atoms with E-state index >= 15 is 0 Å². The van der Waals surface area contributed by atoms with Crippen LogP contribution in [-0.4, -0.2) is 31.9 Å². The van der Waals surface area contributed by atoms with E-state index in [4.69, 9.17) is 15.1 Å². The van der Waals surface area contributed by atoms with E-state index in [0.29, 0.717) is 52.9 Å². The smallest absolute Gasteiger partial charge is 0.303 e. The zero-order valence-corrected chi connectivity index (χ0v) is 20.4. The molecule has 2 aromatic heterocycles. The number of unbranched alkanes of at least 4 members (excludes halogenated alkanes) is 1. The summed E-state index contributed by atoms with van der Waals surface area (Å²) in [6.45, 7) is 7.58. The molecule has 36 heavy (non-hydrogen) atoms. The van der Waals surface area contributed by atoms with Crippen LogP contribution in [0.3, 0.4) is 0 Å². The molecule has 0 radical (unpaired) electrons. The first-order valence-corrected chi connectivity index (χ1v) is 11.7. The Morgan fingerprint density at radius 2 is 1.97 bits per heavy atom. The summed E-state index contributed by atoms with van der Waals surface area (Å²) >= 11 is 0. The van der Waals surface area contributed by atoms with Crippen LogP contribution < -0.4 is 5.32 Å². The second kappa shape index (κ2) is 12.5. The molecule has 2 heterocycles. The molecular weight excluding hydrogens is 459 g/mol. The number of nitrogens with zero attached hydrogens (tertiary/aromatic N) is 3. The number of rotatable bonds is 11. The van der Waals surface area contributed by atoms with Gasteiger partial charge in [0.05, 0.1) is 40.4 Å². The Balaban J connectivity index is 1.92. The van der Waals surface area contributed by atoms with Crippen molar-refractivity contribution in [2.75, 3.05) is 0 Å². The van der Waals surface area contributed by atoms with Crippen molar-refractivity contribution in [3.8, 4) is 0 Å². The first kappa shape index (κ1) is 26.4. The van der Waals surface area contributed by atoms with Gasteiger partial charge in [0.1, 0.15) is 5.82 Å². The molecule has 0 aliphatic heterocycles. The van der Waals surface area contributed by atoms with Gasteiger partial charge < -0.3 is 10.4 Å². The van der Waals surface area contributed by atoms with Gasteiger partial charge in [-0.1, -0.05) is 30.9 Å². The largest absolute Gasteiger partial charge is 0.481 e. The fraction of sp³-hybridized carbons (Fsp3) is 0.250. The molecule has 0 saturated carbocycles. The Kier molecular flexibility index (Phi) is 9.16. The number of aryl methyl sites for hydroxylation is 1. The minimum absolute atomic E-state index is 0.0878. The summed E-state index contributed by atoms with van der Waals surface area (Å²) in [5, 5.41) is 11.8. The summed E-state index contributed by atoms with van der Waals surface area (Å²) in [5.41, 5.74) is 4.33. The van der Waals surface area contributed by atoms with Crippen molar-refractivity contribution >= 4 is 28.5 Å². The summed E-state index contributed by atoms with van der Waals surface area (Å²) in [6.07, 6.45) is 10.3. The molecule has 1 amide bonds. The van der Waals surface area contributed by atoms with E-state index in [9.17, 15) is 14.0 Å². The number of hydrogen-bond donors (Lipinski definition) is 2. The number of aromatic nitrogens is 3. The number of nitrogens with one attached hydrogen (secondary N) is 1. The van der Waals surface area contributed by atoms with Gasteiger partial charge in [-0.25, -0.2) is 14.4 Å². The number of carboxylic acids is 1. The predicted molar refractivity (Wildman–Crippen MR) is 138 cm³/mol. The predicted octanol–water partition coefficient (Wildman–Crippen LogP) is 5.60. The van der Waals surface area contributed by atoms with Gasteiger partial charge >= 0.3 is 5.97 Å². The Morgan fingerprint density at radius 3 is 2.64 bits per heavy atom. The molecular formula is C28H29FN4O3. The van der Waals surface area contributed by atoms with Gasteiger partial charge in [-0.2, -0.15) is 0 Å². The van der Waals surface area contributed by atoms with Gasteiger partial charge in [-0.15, -0.1) is 0 Å². The highest BCUT2D eigenvalue weighted by Gasteiger charge is 2.16. The lowest BCUT2D eigenvalue weighted by Gasteiger charge is -2.14. The molecule has 0 fully saturated rings. The van der Waals surface area contributed by atoms with Crippen LogP contribution in [0.2, 0.25) is 0 Å². The average molecular weight is 489 g/mol. The molecule has 0 unspecified atom stereocenters. The highest BCUT2D eigenvalue weighted by molar-refractivity contribution is 5.97. The molecule has 0 bridgehead atoms. The summed E-state index contributed by atoms with van der Waals surface area (Å²) in [4.78, 5) is 37.4. The lowest BCUT2D eigenvalue weighted by atomic mass is 10.0. The fourth-order valence-corrected chi connectivity index (χ4v) is 3.65. The minimum atomic E-state index is -0.833. The lowest BCUT2D eigenvalue weighted by molar-refractivity contribution is -0.137. The number of aliphatic carboxylic acids is 1. The van der Waals surface area contributed by atoms with E-state index in [-0.39, 0.29) is 12.3 Å². The van der Waals surface area contributed by atoms with Crippen LogP contribution in [-0.2, 0) is 11.2 Å². The lowest BCUT2D eigenvalue weighted by Crippen LogP contribution is -2.27. The maximum absolute atomic E-state index is 13.2. The van der Waals surface area contributed by atoms with E-state index < -0.39 is 17.8 Å². The van der Waals surface area contributed by atoms with Gasteiger partial charge in [-0.05, 0) is 63.4 Å². The first-order valence-electron chi connectivity index (χ1n) is 11.7. The van der Waals surface area contributed by atoms with E-state index in [1.165, 1.54) is 12.1 Å². The number of fused-ring (bicyclic) bond motifs is 1. The molecule has 186 valence electrons. The normalized spacial score (nSPS) is 12.6. The van der Waals surface area contributed by atoms with Crippen LogP contribution in [0.1, 0.15) is 66.6 Å². The van der Waals surface area contributed by atoms with Crippen LogP contribution in [0.5, 0.6) is 0 Å². The number of amides is 1. The molecule has 3 aromatic rings. The number of carbonyl (C=O) groups is 2. The highest BCUT2D eigenvalue weighted by Crippen LogP contribution is 2.24. The van der Waals surface area contributed by atoms with Crippen molar-refractivity contribution in [2.45, 2.75) is 45.6 Å². The number of allylic oxidation sites excluding steroid dienone is 5. The van der Waals surface area contributed by atoms with Gasteiger partial charge in [-0.3, -0.25) is 14.6 Å². The van der Waals surface area contributed by atoms with E-state index in [1.54, 1.807) is 31.2 Å². The van der Waals surface area contributed by atoms with Crippen LogP contribution >= 0.6 is 0 Å². The highest BCUT2D eigenvalue weighted by atomic mass is 19.1. The van der Waals surface area contributed by atoms with Crippen molar-refractivity contribution in [3.05, 3.63) is 95.9 Å².